The standard InChI is InChI=1S/C15H22N2O3/c1-3-20-15(18)16-13-11-12(7-8-14(13)19-2)17-9-5-4-6-10-17/h7-8,11H,3-6,9-10H2,1-2H3,(H,16,18). The van der Waals surface area contributed by atoms with Gasteiger partial charge in [-0.1, -0.05) is 0 Å². The van der Waals surface area contributed by atoms with Gasteiger partial charge in [-0.3, -0.25) is 5.32 Å². The van der Waals surface area contributed by atoms with Gasteiger partial charge in [-0.15, -0.1) is 0 Å². The van der Waals surface area contributed by atoms with Crippen LogP contribution in [0.2, 0.25) is 0 Å². The van der Waals surface area contributed by atoms with Crippen molar-refractivity contribution in [3.63, 3.8) is 0 Å². The van der Waals surface area contributed by atoms with Crippen molar-refractivity contribution in [1.29, 1.82) is 0 Å². The van der Waals surface area contributed by atoms with E-state index < -0.39 is 6.09 Å². The Balaban J connectivity index is 2.16. The molecule has 0 aromatic heterocycles. The van der Waals surface area contributed by atoms with Crippen molar-refractivity contribution in [2.75, 3.05) is 37.0 Å². The molecule has 1 aromatic carbocycles. The summed E-state index contributed by atoms with van der Waals surface area (Å²) in [5.41, 5.74) is 1.76. The van der Waals surface area contributed by atoms with E-state index in [-0.39, 0.29) is 0 Å². The van der Waals surface area contributed by atoms with E-state index in [1.165, 1.54) is 19.3 Å². The Labute approximate surface area is 119 Å². The maximum Gasteiger partial charge on any atom is 0.411 e. The van der Waals surface area contributed by atoms with E-state index >= 15 is 0 Å². The molecule has 1 aromatic rings. The summed E-state index contributed by atoms with van der Waals surface area (Å²) in [7, 11) is 1.59. The summed E-state index contributed by atoms with van der Waals surface area (Å²) in [4.78, 5) is 13.9. The number of piperidine rings is 1. The topological polar surface area (TPSA) is 50.8 Å². The summed E-state index contributed by atoms with van der Waals surface area (Å²) in [5, 5.41) is 2.73. The molecule has 0 atom stereocenters. The molecule has 5 heteroatoms. The van der Waals surface area contributed by atoms with Crippen LogP contribution in [-0.4, -0.2) is 32.9 Å². The average molecular weight is 278 g/mol. The van der Waals surface area contributed by atoms with Crippen LogP contribution in [0.5, 0.6) is 5.75 Å². The van der Waals surface area contributed by atoms with Gasteiger partial charge < -0.3 is 14.4 Å². The monoisotopic (exact) mass is 278 g/mol. The summed E-state index contributed by atoms with van der Waals surface area (Å²) in [5.74, 6) is 0.638. The molecule has 20 heavy (non-hydrogen) atoms. The van der Waals surface area contributed by atoms with Gasteiger partial charge >= 0.3 is 6.09 Å². The molecular weight excluding hydrogens is 256 g/mol. The molecule has 1 fully saturated rings. The molecule has 0 bridgehead atoms. The number of hydrogen-bond donors (Lipinski definition) is 1. The van der Waals surface area contributed by atoms with E-state index in [2.05, 4.69) is 10.2 Å². The van der Waals surface area contributed by atoms with Crippen LogP contribution in [0.15, 0.2) is 18.2 Å². The van der Waals surface area contributed by atoms with E-state index in [0.29, 0.717) is 18.0 Å². The molecule has 0 spiro atoms. The third-order valence-corrected chi connectivity index (χ3v) is 3.42. The molecule has 1 saturated heterocycles. The van der Waals surface area contributed by atoms with E-state index in [4.69, 9.17) is 9.47 Å². The van der Waals surface area contributed by atoms with Gasteiger partial charge in [0.15, 0.2) is 0 Å². The maximum atomic E-state index is 11.6. The fourth-order valence-corrected chi connectivity index (χ4v) is 2.42. The van der Waals surface area contributed by atoms with E-state index in [9.17, 15) is 4.79 Å². The van der Waals surface area contributed by atoms with Gasteiger partial charge in [0.05, 0.1) is 19.4 Å². The third-order valence-electron chi connectivity index (χ3n) is 3.42. The second kappa shape index (κ2) is 7.03. The lowest BCUT2D eigenvalue weighted by molar-refractivity contribution is 0.168. The number of benzene rings is 1. The molecule has 0 radical (unpaired) electrons. The Hall–Kier alpha value is -1.91. The second-order valence-electron chi connectivity index (χ2n) is 4.78. The first kappa shape index (κ1) is 14.5. The number of nitrogens with one attached hydrogen (secondary N) is 1. The molecule has 0 aliphatic carbocycles. The first-order valence-electron chi connectivity index (χ1n) is 7.11. The normalized spacial score (nSPS) is 14.8. The quantitative estimate of drug-likeness (QED) is 0.918. The van der Waals surface area contributed by atoms with Crippen molar-refractivity contribution in [2.45, 2.75) is 26.2 Å². The molecule has 0 unspecified atom stereocenters. The average Bonchev–Trinajstić information content (AvgIpc) is 2.48. The number of anilines is 2. The van der Waals surface area contributed by atoms with Gasteiger partial charge in [-0.25, -0.2) is 4.79 Å². The second-order valence-corrected chi connectivity index (χ2v) is 4.78. The van der Waals surface area contributed by atoms with Crippen molar-refractivity contribution in [3.05, 3.63) is 18.2 Å². The van der Waals surface area contributed by atoms with Crippen LogP contribution in [0.25, 0.3) is 0 Å². The molecular formula is C15H22N2O3. The first-order valence-corrected chi connectivity index (χ1v) is 7.11. The molecule has 0 saturated carbocycles. The number of carbonyl (C=O) groups excluding carboxylic acids is 1. The van der Waals surface area contributed by atoms with Crippen molar-refractivity contribution in [1.82, 2.24) is 0 Å². The summed E-state index contributed by atoms with van der Waals surface area (Å²) < 4.78 is 10.2. The van der Waals surface area contributed by atoms with Crippen LogP contribution in [0, 0.1) is 0 Å². The van der Waals surface area contributed by atoms with Crippen molar-refractivity contribution in [2.24, 2.45) is 0 Å². The number of amides is 1. The van der Waals surface area contributed by atoms with Gasteiger partial charge in [0.25, 0.3) is 0 Å². The molecule has 1 heterocycles. The summed E-state index contributed by atoms with van der Waals surface area (Å²) >= 11 is 0. The van der Waals surface area contributed by atoms with E-state index in [1.54, 1.807) is 14.0 Å². The summed E-state index contributed by atoms with van der Waals surface area (Å²) in [6.45, 7) is 4.25. The minimum absolute atomic E-state index is 0.347. The number of nitrogens with zero attached hydrogens (tertiary/aromatic N) is 1. The molecule has 1 N–H and O–H groups in total. The first-order chi connectivity index (χ1) is 9.74. The zero-order valence-electron chi connectivity index (χ0n) is 12.1. The van der Waals surface area contributed by atoms with Crippen molar-refractivity contribution < 1.29 is 14.3 Å². The third kappa shape index (κ3) is 3.56. The van der Waals surface area contributed by atoms with Gasteiger partial charge in [-0.05, 0) is 44.4 Å². The van der Waals surface area contributed by atoms with Crippen LogP contribution in [0.3, 0.4) is 0 Å². The SMILES string of the molecule is CCOC(=O)Nc1cc(N2CCCCC2)ccc1OC. The van der Waals surface area contributed by atoms with Gasteiger partial charge in [0.1, 0.15) is 5.75 Å². The van der Waals surface area contributed by atoms with Crippen LogP contribution in [0.1, 0.15) is 26.2 Å². The largest absolute Gasteiger partial charge is 0.495 e. The lowest BCUT2D eigenvalue weighted by Crippen LogP contribution is -2.29. The highest BCUT2D eigenvalue weighted by atomic mass is 16.5. The van der Waals surface area contributed by atoms with Crippen molar-refractivity contribution >= 4 is 17.5 Å². The molecule has 110 valence electrons. The van der Waals surface area contributed by atoms with Crippen LogP contribution in [-0.2, 0) is 4.74 Å². The number of carbonyl (C=O) groups is 1. The van der Waals surface area contributed by atoms with Gasteiger partial charge in [0.2, 0.25) is 0 Å². The van der Waals surface area contributed by atoms with Crippen LogP contribution < -0.4 is 15.0 Å². The van der Waals surface area contributed by atoms with E-state index in [0.717, 1.165) is 18.8 Å². The highest BCUT2D eigenvalue weighted by Crippen LogP contribution is 2.31. The number of methoxy groups -OCH3 is 1. The van der Waals surface area contributed by atoms with Gasteiger partial charge in [-0.2, -0.15) is 0 Å². The minimum Gasteiger partial charge on any atom is -0.495 e. The number of rotatable bonds is 4. The Morgan fingerprint density at radius 1 is 1.30 bits per heavy atom. The predicted molar refractivity (Wildman–Crippen MR) is 79.7 cm³/mol. The Morgan fingerprint density at radius 2 is 2.05 bits per heavy atom. The minimum atomic E-state index is -0.457. The Bertz CT molecular complexity index is 456. The predicted octanol–water partition coefficient (Wildman–Crippen LogP) is 3.25. The van der Waals surface area contributed by atoms with Gasteiger partial charge in [0, 0.05) is 18.8 Å². The van der Waals surface area contributed by atoms with E-state index in [1.807, 2.05) is 18.2 Å². The van der Waals surface area contributed by atoms with Crippen LogP contribution in [0.4, 0.5) is 16.2 Å². The molecule has 1 amide bonds. The number of ether oxygens (including phenoxy) is 2. The Kier molecular flexibility index (Phi) is 5.09. The maximum absolute atomic E-state index is 11.6. The van der Waals surface area contributed by atoms with Crippen molar-refractivity contribution in [3.8, 4) is 5.75 Å². The molecule has 5 nitrogen and oxygen atoms in total. The lowest BCUT2D eigenvalue weighted by Gasteiger charge is -2.29. The zero-order chi connectivity index (χ0) is 14.4. The zero-order valence-corrected chi connectivity index (χ0v) is 12.1. The fourth-order valence-electron chi connectivity index (χ4n) is 2.42. The summed E-state index contributed by atoms with van der Waals surface area (Å²) in [6.07, 6.45) is 3.27. The molecule has 2 rings (SSSR count). The van der Waals surface area contributed by atoms with Crippen LogP contribution >= 0.6 is 0 Å². The summed E-state index contributed by atoms with van der Waals surface area (Å²) in [6, 6.07) is 5.85. The number of hydrogen-bond acceptors (Lipinski definition) is 4. The molecule has 1 aliphatic heterocycles. The lowest BCUT2D eigenvalue weighted by atomic mass is 10.1. The highest BCUT2D eigenvalue weighted by molar-refractivity contribution is 5.87. The Morgan fingerprint density at radius 3 is 2.70 bits per heavy atom. The molecule has 1 aliphatic rings. The smallest absolute Gasteiger partial charge is 0.411 e. The fraction of sp³-hybridized carbons (Fsp3) is 0.533. The highest BCUT2D eigenvalue weighted by Gasteiger charge is 2.14.